The molecule has 0 spiro atoms. The summed E-state index contributed by atoms with van der Waals surface area (Å²) in [7, 11) is -1.61. The molecule has 0 atom stereocenters. The minimum atomic E-state index is -1.61. The van der Waals surface area contributed by atoms with E-state index in [1.807, 2.05) is 6.07 Å². The van der Waals surface area contributed by atoms with Crippen molar-refractivity contribution < 1.29 is 9.16 Å². The molecule has 0 bridgehead atoms. The summed E-state index contributed by atoms with van der Waals surface area (Å²) in [6.07, 6.45) is 0. The summed E-state index contributed by atoms with van der Waals surface area (Å²) < 4.78 is 12.2. The fourth-order valence-electron chi connectivity index (χ4n) is 1.93. The molecule has 0 unspecified atom stereocenters. The maximum atomic E-state index is 6.23. The van der Waals surface area contributed by atoms with Gasteiger partial charge in [-0.25, -0.2) is 0 Å². The smallest absolute Gasteiger partial charge is 0.242 e. The summed E-state index contributed by atoms with van der Waals surface area (Å²) in [6.45, 7) is 19.4. The maximum Gasteiger partial charge on any atom is 0.242 e. The standard InChI is InChI=1S/C17H30O2Si/c1-16(2,3)14-12-13(18-17(4,5)6)10-11-15(14)19-20(7,8)9/h10-12H,1-9H3. The minimum Gasteiger partial charge on any atom is -0.544 e. The monoisotopic (exact) mass is 294 g/mol. The van der Waals surface area contributed by atoms with Gasteiger partial charge in [-0.15, -0.1) is 0 Å². The zero-order valence-electron chi connectivity index (χ0n) is 14.5. The van der Waals surface area contributed by atoms with Crippen molar-refractivity contribution in [1.29, 1.82) is 0 Å². The maximum absolute atomic E-state index is 6.23. The van der Waals surface area contributed by atoms with Crippen LogP contribution < -0.4 is 9.16 Å². The second kappa shape index (κ2) is 5.43. The van der Waals surface area contributed by atoms with E-state index in [0.29, 0.717) is 0 Å². The summed E-state index contributed by atoms with van der Waals surface area (Å²) in [5, 5.41) is 0. The van der Waals surface area contributed by atoms with Gasteiger partial charge in [-0.3, -0.25) is 0 Å². The molecule has 1 rings (SSSR count). The van der Waals surface area contributed by atoms with Gasteiger partial charge in [-0.05, 0) is 64.0 Å². The average molecular weight is 295 g/mol. The van der Waals surface area contributed by atoms with Gasteiger partial charge in [0.15, 0.2) is 0 Å². The average Bonchev–Trinajstić information content (AvgIpc) is 2.14. The highest BCUT2D eigenvalue weighted by atomic mass is 28.4. The van der Waals surface area contributed by atoms with Crippen LogP contribution in [0.25, 0.3) is 0 Å². The lowest BCUT2D eigenvalue weighted by atomic mass is 9.86. The Bertz CT molecular complexity index is 459. The van der Waals surface area contributed by atoms with E-state index >= 15 is 0 Å². The van der Waals surface area contributed by atoms with Crippen LogP contribution in [0.4, 0.5) is 0 Å². The van der Waals surface area contributed by atoms with E-state index in [9.17, 15) is 0 Å². The van der Waals surface area contributed by atoms with Gasteiger partial charge in [0.05, 0.1) is 0 Å². The summed E-state index contributed by atoms with van der Waals surface area (Å²) in [5.74, 6) is 1.91. The minimum absolute atomic E-state index is 0.0340. The van der Waals surface area contributed by atoms with Crippen molar-refractivity contribution in [3.63, 3.8) is 0 Å². The van der Waals surface area contributed by atoms with E-state index in [1.54, 1.807) is 0 Å². The fourth-order valence-corrected chi connectivity index (χ4v) is 2.77. The summed E-state index contributed by atoms with van der Waals surface area (Å²) in [4.78, 5) is 0. The molecule has 2 nitrogen and oxygen atoms in total. The third-order valence-corrected chi connectivity index (χ3v) is 3.43. The van der Waals surface area contributed by atoms with Crippen LogP contribution in [0.5, 0.6) is 11.5 Å². The number of hydrogen-bond donors (Lipinski definition) is 0. The predicted octanol–water partition coefficient (Wildman–Crippen LogP) is 5.38. The van der Waals surface area contributed by atoms with Crippen LogP contribution in [0, 0.1) is 0 Å². The molecule has 3 heteroatoms. The SMILES string of the molecule is CC(C)(C)Oc1ccc(O[Si](C)(C)C)c(C(C)(C)C)c1. The van der Waals surface area contributed by atoms with Gasteiger partial charge in [0.2, 0.25) is 8.32 Å². The molecular weight excluding hydrogens is 264 g/mol. The molecule has 1 aromatic carbocycles. The van der Waals surface area contributed by atoms with Crippen molar-refractivity contribution in [3.8, 4) is 11.5 Å². The highest BCUT2D eigenvalue weighted by Crippen LogP contribution is 2.36. The molecule has 20 heavy (non-hydrogen) atoms. The molecule has 0 aliphatic heterocycles. The Hall–Kier alpha value is -0.963. The largest absolute Gasteiger partial charge is 0.544 e. The first kappa shape index (κ1) is 17.1. The van der Waals surface area contributed by atoms with E-state index in [2.05, 4.69) is 73.3 Å². The van der Waals surface area contributed by atoms with Crippen molar-refractivity contribution in [2.24, 2.45) is 0 Å². The van der Waals surface area contributed by atoms with Crippen molar-refractivity contribution in [1.82, 2.24) is 0 Å². The number of rotatable bonds is 3. The molecule has 0 radical (unpaired) electrons. The third-order valence-electron chi connectivity index (χ3n) is 2.60. The Morgan fingerprint density at radius 2 is 1.45 bits per heavy atom. The van der Waals surface area contributed by atoms with Crippen LogP contribution in [-0.4, -0.2) is 13.9 Å². The van der Waals surface area contributed by atoms with Gasteiger partial charge >= 0.3 is 0 Å². The lowest BCUT2D eigenvalue weighted by molar-refractivity contribution is 0.130. The Balaban J connectivity index is 3.21. The molecule has 0 amide bonds. The van der Waals surface area contributed by atoms with Crippen LogP contribution in [0.2, 0.25) is 19.6 Å². The van der Waals surface area contributed by atoms with Crippen molar-refractivity contribution in [2.45, 2.75) is 72.2 Å². The van der Waals surface area contributed by atoms with E-state index in [1.165, 1.54) is 5.56 Å². The molecule has 0 saturated carbocycles. The van der Waals surface area contributed by atoms with E-state index in [0.717, 1.165) is 11.5 Å². The van der Waals surface area contributed by atoms with Gasteiger partial charge in [0.1, 0.15) is 17.1 Å². The summed E-state index contributed by atoms with van der Waals surface area (Å²) in [5.41, 5.74) is 1.06. The second-order valence-corrected chi connectivity index (χ2v) is 12.8. The van der Waals surface area contributed by atoms with Crippen molar-refractivity contribution in [2.75, 3.05) is 0 Å². The molecule has 0 aliphatic carbocycles. The van der Waals surface area contributed by atoms with Crippen LogP contribution in [-0.2, 0) is 5.41 Å². The van der Waals surface area contributed by atoms with Crippen LogP contribution >= 0.6 is 0 Å². The highest BCUT2D eigenvalue weighted by molar-refractivity contribution is 6.70. The number of hydrogen-bond acceptors (Lipinski definition) is 2. The first-order valence-electron chi connectivity index (χ1n) is 7.30. The lowest BCUT2D eigenvalue weighted by Crippen LogP contribution is -2.31. The van der Waals surface area contributed by atoms with Crippen LogP contribution in [0.15, 0.2) is 18.2 Å². The Morgan fingerprint density at radius 1 is 0.900 bits per heavy atom. The second-order valence-electron chi connectivity index (χ2n) is 8.34. The quantitative estimate of drug-likeness (QED) is 0.697. The Morgan fingerprint density at radius 3 is 1.85 bits per heavy atom. The van der Waals surface area contributed by atoms with Crippen molar-refractivity contribution >= 4 is 8.32 Å². The van der Waals surface area contributed by atoms with Crippen LogP contribution in [0.1, 0.15) is 47.1 Å². The number of benzene rings is 1. The Labute approximate surface area is 125 Å². The molecule has 0 aliphatic rings. The molecule has 0 fully saturated rings. The Kier molecular flexibility index (Phi) is 4.64. The highest BCUT2D eigenvalue weighted by Gasteiger charge is 2.25. The summed E-state index contributed by atoms with van der Waals surface area (Å²) >= 11 is 0. The molecular formula is C17H30O2Si. The van der Waals surface area contributed by atoms with Gasteiger partial charge < -0.3 is 9.16 Å². The van der Waals surface area contributed by atoms with E-state index < -0.39 is 8.32 Å². The predicted molar refractivity (Wildman–Crippen MR) is 89.5 cm³/mol. The molecule has 1 aromatic rings. The first-order valence-corrected chi connectivity index (χ1v) is 10.7. The fraction of sp³-hybridized carbons (Fsp3) is 0.647. The third kappa shape index (κ3) is 5.57. The molecule has 114 valence electrons. The molecule has 0 heterocycles. The zero-order chi connectivity index (χ0) is 15.8. The van der Waals surface area contributed by atoms with E-state index in [4.69, 9.17) is 9.16 Å². The van der Waals surface area contributed by atoms with Gasteiger partial charge in [0, 0.05) is 5.56 Å². The number of ether oxygens (including phenoxy) is 1. The topological polar surface area (TPSA) is 18.5 Å². The molecule has 0 saturated heterocycles. The van der Waals surface area contributed by atoms with Gasteiger partial charge in [0.25, 0.3) is 0 Å². The van der Waals surface area contributed by atoms with Gasteiger partial charge in [-0.1, -0.05) is 20.8 Å². The molecule has 0 N–H and O–H groups in total. The lowest BCUT2D eigenvalue weighted by Gasteiger charge is -2.29. The summed E-state index contributed by atoms with van der Waals surface area (Å²) in [6, 6.07) is 6.19. The first-order chi connectivity index (χ1) is 8.78. The van der Waals surface area contributed by atoms with Crippen LogP contribution in [0.3, 0.4) is 0 Å². The normalized spacial score (nSPS) is 13.2. The zero-order valence-corrected chi connectivity index (χ0v) is 15.5. The van der Waals surface area contributed by atoms with E-state index in [-0.39, 0.29) is 11.0 Å². The van der Waals surface area contributed by atoms with Crippen molar-refractivity contribution in [3.05, 3.63) is 23.8 Å². The van der Waals surface area contributed by atoms with Gasteiger partial charge in [-0.2, -0.15) is 0 Å². The molecule has 0 aromatic heterocycles.